The zero-order chi connectivity index (χ0) is 11.3. The van der Waals surface area contributed by atoms with E-state index in [9.17, 15) is 9.18 Å². The van der Waals surface area contributed by atoms with E-state index in [1.807, 2.05) is 6.92 Å². The molecule has 0 spiro atoms. The molecular formula is C10H14FN3O. The normalized spacial score (nSPS) is 12.2. The second kappa shape index (κ2) is 5.41. The van der Waals surface area contributed by atoms with Crippen LogP contribution in [0.2, 0.25) is 0 Å². The van der Waals surface area contributed by atoms with Gasteiger partial charge in [-0.1, -0.05) is 6.92 Å². The molecule has 1 aromatic heterocycles. The van der Waals surface area contributed by atoms with Crippen molar-refractivity contribution in [3.8, 4) is 0 Å². The SMILES string of the molecule is CCC(N)CNC(=O)c1ccc(F)cn1. The van der Waals surface area contributed by atoms with E-state index < -0.39 is 5.82 Å². The lowest BCUT2D eigenvalue weighted by Crippen LogP contribution is -2.37. The van der Waals surface area contributed by atoms with E-state index in [1.165, 1.54) is 12.1 Å². The molecule has 0 aliphatic heterocycles. The number of nitrogens with two attached hydrogens (primary N) is 1. The Bertz CT molecular complexity index is 326. The van der Waals surface area contributed by atoms with Crippen molar-refractivity contribution in [2.45, 2.75) is 19.4 Å². The molecule has 0 aliphatic carbocycles. The first-order valence-corrected chi connectivity index (χ1v) is 4.78. The minimum atomic E-state index is -0.461. The van der Waals surface area contributed by atoms with Gasteiger partial charge in [-0.15, -0.1) is 0 Å². The number of hydrogen-bond donors (Lipinski definition) is 2. The van der Waals surface area contributed by atoms with Gasteiger partial charge in [-0.3, -0.25) is 4.79 Å². The van der Waals surface area contributed by atoms with E-state index >= 15 is 0 Å². The average molecular weight is 211 g/mol. The number of halogens is 1. The predicted octanol–water partition coefficient (Wildman–Crippen LogP) is 0.688. The third kappa shape index (κ3) is 3.63. The number of aromatic nitrogens is 1. The molecule has 0 saturated carbocycles. The van der Waals surface area contributed by atoms with Crippen LogP contribution in [0, 0.1) is 5.82 Å². The lowest BCUT2D eigenvalue weighted by Gasteiger charge is -2.09. The third-order valence-electron chi connectivity index (χ3n) is 2.01. The maximum Gasteiger partial charge on any atom is 0.269 e. The largest absolute Gasteiger partial charge is 0.349 e. The molecule has 4 nitrogen and oxygen atoms in total. The molecule has 1 rings (SSSR count). The van der Waals surface area contributed by atoms with Crippen LogP contribution in [0.5, 0.6) is 0 Å². The van der Waals surface area contributed by atoms with Gasteiger partial charge in [0.25, 0.3) is 5.91 Å². The number of nitrogens with one attached hydrogen (secondary N) is 1. The molecular weight excluding hydrogens is 197 g/mol. The number of carbonyl (C=O) groups excluding carboxylic acids is 1. The van der Waals surface area contributed by atoms with Crippen LogP contribution in [0.1, 0.15) is 23.8 Å². The highest BCUT2D eigenvalue weighted by molar-refractivity contribution is 5.92. The van der Waals surface area contributed by atoms with E-state index in [-0.39, 0.29) is 17.6 Å². The minimum absolute atomic E-state index is 0.0607. The number of hydrogen-bond acceptors (Lipinski definition) is 3. The summed E-state index contributed by atoms with van der Waals surface area (Å²) in [4.78, 5) is 15.1. The van der Waals surface area contributed by atoms with E-state index in [1.54, 1.807) is 0 Å². The molecule has 0 fully saturated rings. The Labute approximate surface area is 87.7 Å². The molecule has 1 aromatic rings. The van der Waals surface area contributed by atoms with Gasteiger partial charge in [0.1, 0.15) is 11.5 Å². The Hall–Kier alpha value is -1.49. The van der Waals surface area contributed by atoms with E-state index in [2.05, 4.69) is 10.3 Å². The van der Waals surface area contributed by atoms with Gasteiger partial charge in [0.2, 0.25) is 0 Å². The van der Waals surface area contributed by atoms with Crippen molar-refractivity contribution in [3.05, 3.63) is 29.8 Å². The van der Waals surface area contributed by atoms with Gasteiger partial charge >= 0.3 is 0 Å². The summed E-state index contributed by atoms with van der Waals surface area (Å²) in [5, 5.41) is 2.62. The van der Waals surface area contributed by atoms with Crippen molar-refractivity contribution >= 4 is 5.91 Å². The van der Waals surface area contributed by atoms with Crippen LogP contribution in [0.3, 0.4) is 0 Å². The lowest BCUT2D eigenvalue weighted by atomic mass is 10.2. The van der Waals surface area contributed by atoms with Crippen LogP contribution >= 0.6 is 0 Å². The van der Waals surface area contributed by atoms with Crippen LogP contribution in [0.15, 0.2) is 18.3 Å². The smallest absolute Gasteiger partial charge is 0.269 e. The summed E-state index contributed by atoms with van der Waals surface area (Å²) in [5.74, 6) is -0.796. The van der Waals surface area contributed by atoms with Crippen LogP contribution in [0.4, 0.5) is 4.39 Å². The average Bonchev–Trinajstić information content (AvgIpc) is 2.26. The molecule has 1 atom stereocenters. The zero-order valence-electron chi connectivity index (χ0n) is 8.53. The molecule has 15 heavy (non-hydrogen) atoms. The number of rotatable bonds is 4. The number of carbonyl (C=O) groups is 1. The van der Waals surface area contributed by atoms with Crippen molar-refractivity contribution in [2.75, 3.05) is 6.54 Å². The minimum Gasteiger partial charge on any atom is -0.349 e. The van der Waals surface area contributed by atoms with Gasteiger partial charge < -0.3 is 11.1 Å². The number of pyridine rings is 1. The Kier molecular flexibility index (Phi) is 4.17. The Balaban J connectivity index is 2.50. The highest BCUT2D eigenvalue weighted by Gasteiger charge is 2.07. The molecule has 0 bridgehead atoms. The standard InChI is InChI=1S/C10H14FN3O/c1-2-8(12)6-14-10(15)9-4-3-7(11)5-13-9/h3-5,8H,2,6,12H2,1H3,(H,14,15). The quantitative estimate of drug-likeness (QED) is 0.769. The van der Waals surface area contributed by atoms with Crippen molar-refractivity contribution in [2.24, 2.45) is 5.73 Å². The molecule has 0 saturated heterocycles. The predicted molar refractivity (Wildman–Crippen MR) is 54.8 cm³/mol. The summed E-state index contributed by atoms with van der Waals surface area (Å²) in [6, 6.07) is 2.47. The van der Waals surface area contributed by atoms with E-state index in [4.69, 9.17) is 5.73 Å². The van der Waals surface area contributed by atoms with Crippen molar-refractivity contribution < 1.29 is 9.18 Å². The highest BCUT2D eigenvalue weighted by Crippen LogP contribution is 1.97. The topological polar surface area (TPSA) is 68.0 Å². The van der Waals surface area contributed by atoms with Crippen LogP contribution in [0.25, 0.3) is 0 Å². The van der Waals surface area contributed by atoms with E-state index in [0.717, 1.165) is 12.6 Å². The Morgan fingerprint density at radius 3 is 2.93 bits per heavy atom. The van der Waals surface area contributed by atoms with Gasteiger partial charge in [-0.2, -0.15) is 0 Å². The Morgan fingerprint density at radius 1 is 1.67 bits per heavy atom. The summed E-state index contributed by atoms with van der Waals surface area (Å²) in [6.45, 7) is 2.33. The Morgan fingerprint density at radius 2 is 2.40 bits per heavy atom. The summed E-state index contributed by atoms with van der Waals surface area (Å²) in [7, 11) is 0. The van der Waals surface area contributed by atoms with Crippen LogP contribution in [-0.2, 0) is 0 Å². The zero-order valence-corrected chi connectivity index (χ0v) is 8.53. The van der Waals surface area contributed by atoms with Crippen molar-refractivity contribution in [1.82, 2.24) is 10.3 Å². The maximum absolute atomic E-state index is 12.5. The second-order valence-corrected chi connectivity index (χ2v) is 3.24. The fourth-order valence-corrected chi connectivity index (χ4v) is 0.969. The first kappa shape index (κ1) is 11.6. The molecule has 1 heterocycles. The highest BCUT2D eigenvalue weighted by atomic mass is 19.1. The molecule has 0 radical (unpaired) electrons. The van der Waals surface area contributed by atoms with Crippen molar-refractivity contribution in [1.29, 1.82) is 0 Å². The first-order valence-electron chi connectivity index (χ1n) is 4.78. The van der Waals surface area contributed by atoms with Crippen LogP contribution in [-0.4, -0.2) is 23.5 Å². The van der Waals surface area contributed by atoms with Crippen molar-refractivity contribution in [3.63, 3.8) is 0 Å². The monoisotopic (exact) mass is 211 g/mol. The fraction of sp³-hybridized carbons (Fsp3) is 0.400. The van der Waals surface area contributed by atoms with Gasteiger partial charge in [0.05, 0.1) is 6.20 Å². The molecule has 3 N–H and O–H groups in total. The molecule has 1 unspecified atom stereocenters. The summed E-state index contributed by atoms with van der Waals surface area (Å²) < 4.78 is 12.5. The third-order valence-corrected chi connectivity index (χ3v) is 2.01. The fourth-order valence-electron chi connectivity index (χ4n) is 0.969. The summed E-state index contributed by atoms with van der Waals surface area (Å²) in [5.41, 5.74) is 5.82. The molecule has 0 aromatic carbocycles. The number of amides is 1. The van der Waals surface area contributed by atoms with Gasteiger partial charge in [-0.25, -0.2) is 9.37 Å². The summed E-state index contributed by atoms with van der Waals surface area (Å²) >= 11 is 0. The van der Waals surface area contributed by atoms with Gasteiger partial charge in [-0.05, 0) is 18.6 Å². The van der Waals surface area contributed by atoms with Gasteiger partial charge in [0.15, 0.2) is 0 Å². The lowest BCUT2D eigenvalue weighted by molar-refractivity contribution is 0.0946. The molecule has 0 aliphatic rings. The first-order chi connectivity index (χ1) is 7.13. The second-order valence-electron chi connectivity index (χ2n) is 3.24. The summed E-state index contributed by atoms with van der Waals surface area (Å²) in [6.07, 6.45) is 1.80. The molecule has 82 valence electrons. The maximum atomic E-state index is 12.5. The van der Waals surface area contributed by atoms with E-state index in [0.29, 0.717) is 6.54 Å². The molecule has 5 heteroatoms. The van der Waals surface area contributed by atoms with Crippen LogP contribution < -0.4 is 11.1 Å². The van der Waals surface area contributed by atoms with Gasteiger partial charge in [0, 0.05) is 12.6 Å². The molecule has 1 amide bonds. The number of nitrogens with zero attached hydrogens (tertiary/aromatic N) is 1.